The third-order valence-electron chi connectivity index (χ3n) is 3.54. The number of carboxylic acid groups (broad SMARTS) is 1. The number of carbonyl (C=O) groups is 1. The van der Waals surface area contributed by atoms with Crippen molar-refractivity contribution >= 4 is 5.97 Å². The molecule has 1 unspecified atom stereocenters. The highest BCUT2D eigenvalue weighted by Gasteiger charge is 2.04. The molecule has 0 spiro atoms. The number of benzene rings is 2. The zero-order valence-corrected chi connectivity index (χ0v) is 12.4. The van der Waals surface area contributed by atoms with Crippen molar-refractivity contribution in [1.82, 2.24) is 0 Å². The molecule has 2 heteroatoms. The molecule has 1 N–H and O–H groups in total. The molecular formula is C19H20O2. The smallest absolute Gasteiger partial charge is 0.335 e. The zero-order chi connectivity index (χ0) is 15.2. The van der Waals surface area contributed by atoms with Crippen LogP contribution in [0.1, 0.15) is 41.3 Å². The van der Waals surface area contributed by atoms with Crippen molar-refractivity contribution in [1.29, 1.82) is 0 Å². The van der Waals surface area contributed by atoms with Crippen LogP contribution in [0.3, 0.4) is 0 Å². The van der Waals surface area contributed by atoms with Gasteiger partial charge in [0.1, 0.15) is 0 Å². The Labute approximate surface area is 125 Å². The van der Waals surface area contributed by atoms with Crippen LogP contribution in [-0.4, -0.2) is 11.1 Å². The maximum absolute atomic E-state index is 10.8. The van der Waals surface area contributed by atoms with Crippen LogP contribution >= 0.6 is 0 Å². The summed E-state index contributed by atoms with van der Waals surface area (Å²) in [6.07, 6.45) is 3.11. The van der Waals surface area contributed by atoms with Crippen LogP contribution in [0.25, 0.3) is 0 Å². The first-order valence-corrected chi connectivity index (χ1v) is 7.10. The van der Waals surface area contributed by atoms with Crippen LogP contribution in [0.4, 0.5) is 0 Å². The van der Waals surface area contributed by atoms with Gasteiger partial charge < -0.3 is 5.11 Å². The molecule has 0 heterocycles. The van der Waals surface area contributed by atoms with Crippen molar-refractivity contribution in [3.63, 3.8) is 0 Å². The molecule has 0 aliphatic heterocycles. The van der Waals surface area contributed by atoms with Gasteiger partial charge in [0.05, 0.1) is 5.56 Å². The van der Waals surface area contributed by atoms with Gasteiger partial charge in [0.25, 0.3) is 0 Å². The van der Waals surface area contributed by atoms with Crippen LogP contribution in [0.5, 0.6) is 0 Å². The van der Waals surface area contributed by atoms with Gasteiger partial charge in [0, 0.05) is 0 Å². The van der Waals surface area contributed by atoms with E-state index in [0.29, 0.717) is 11.5 Å². The average molecular weight is 280 g/mol. The molecule has 2 rings (SSSR count). The van der Waals surface area contributed by atoms with Gasteiger partial charge >= 0.3 is 5.97 Å². The minimum absolute atomic E-state index is 0.332. The number of rotatable bonds is 5. The first-order chi connectivity index (χ1) is 10.1. The molecular weight excluding hydrogens is 260 g/mol. The predicted octanol–water partition coefficient (Wildman–Crippen LogP) is 4.68. The second-order valence-electron chi connectivity index (χ2n) is 5.39. The summed E-state index contributed by atoms with van der Waals surface area (Å²) in [6.45, 7) is 4.30. The van der Waals surface area contributed by atoms with E-state index in [9.17, 15) is 4.79 Å². The van der Waals surface area contributed by atoms with Crippen molar-refractivity contribution in [2.75, 3.05) is 0 Å². The number of carboxylic acids is 1. The quantitative estimate of drug-likeness (QED) is 0.808. The fourth-order valence-corrected chi connectivity index (χ4v) is 2.43. The monoisotopic (exact) mass is 280 g/mol. The van der Waals surface area contributed by atoms with Crippen molar-refractivity contribution in [2.24, 2.45) is 0 Å². The maximum Gasteiger partial charge on any atom is 0.335 e. The summed E-state index contributed by atoms with van der Waals surface area (Å²) < 4.78 is 0. The Balaban J connectivity index is 2.05. The highest BCUT2D eigenvalue weighted by atomic mass is 16.4. The molecule has 1 atom stereocenters. The van der Waals surface area contributed by atoms with Crippen molar-refractivity contribution in [3.8, 4) is 0 Å². The number of allylic oxidation sites excluding steroid dienone is 2. The lowest BCUT2D eigenvalue weighted by molar-refractivity contribution is 0.0697. The van der Waals surface area contributed by atoms with Crippen molar-refractivity contribution in [2.45, 2.75) is 26.2 Å². The standard InChI is InChI=1S/C19H20O2/c1-14(12-15(2)17-6-4-3-5-7-17)13-16-8-10-18(11-9-16)19(20)21/h3-12,15H,13H2,1-2H3,(H,20,21). The summed E-state index contributed by atoms with van der Waals surface area (Å²) in [5, 5.41) is 8.89. The third kappa shape index (κ3) is 4.32. The van der Waals surface area contributed by atoms with Crippen LogP contribution in [0.15, 0.2) is 66.2 Å². The summed E-state index contributed by atoms with van der Waals surface area (Å²) >= 11 is 0. The Morgan fingerprint density at radius 3 is 2.29 bits per heavy atom. The SMILES string of the molecule is CC(=CC(C)c1ccccc1)Cc1ccc(C(=O)O)cc1. The number of hydrogen-bond donors (Lipinski definition) is 1. The second-order valence-corrected chi connectivity index (χ2v) is 5.39. The number of hydrogen-bond acceptors (Lipinski definition) is 1. The Bertz CT molecular complexity index is 624. The lowest BCUT2D eigenvalue weighted by Gasteiger charge is -2.09. The molecule has 2 aromatic carbocycles. The number of aromatic carboxylic acids is 1. The van der Waals surface area contributed by atoms with Crippen LogP contribution in [-0.2, 0) is 6.42 Å². The fourth-order valence-electron chi connectivity index (χ4n) is 2.43. The minimum atomic E-state index is -0.883. The van der Waals surface area contributed by atoms with Gasteiger partial charge in [-0.2, -0.15) is 0 Å². The van der Waals surface area contributed by atoms with Gasteiger partial charge in [-0.25, -0.2) is 4.79 Å². The van der Waals surface area contributed by atoms with Crippen molar-refractivity contribution in [3.05, 3.63) is 82.9 Å². The highest BCUT2D eigenvalue weighted by Crippen LogP contribution is 2.19. The van der Waals surface area contributed by atoms with E-state index in [-0.39, 0.29) is 0 Å². The molecule has 21 heavy (non-hydrogen) atoms. The Kier molecular flexibility index (Phi) is 4.94. The van der Waals surface area contributed by atoms with E-state index in [1.807, 2.05) is 18.2 Å². The first kappa shape index (κ1) is 15.0. The van der Waals surface area contributed by atoms with Crippen LogP contribution in [0.2, 0.25) is 0 Å². The van der Waals surface area contributed by atoms with Gasteiger partial charge in [-0.15, -0.1) is 0 Å². The van der Waals surface area contributed by atoms with Gasteiger partial charge in [-0.1, -0.05) is 61.0 Å². The van der Waals surface area contributed by atoms with E-state index in [2.05, 4.69) is 44.2 Å². The molecule has 0 aliphatic carbocycles. The minimum Gasteiger partial charge on any atom is -0.478 e. The van der Waals surface area contributed by atoms with Gasteiger partial charge in [-0.3, -0.25) is 0 Å². The van der Waals surface area contributed by atoms with E-state index >= 15 is 0 Å². The summed E-state index contributed by atoms with van der Waals surface area (Å²) in [6, 6.07) is 17.5. The molecule has 0 fully saturated rings. The predicted molar refractivity (Wildman–Crippen MR) is 85.7 cm³/mol. The highest BCUT2D eigenvalue weighted by molar-refractivity contribution is 5.87. The van der Waals surface area contributed by atoms with E-state index in [4.69, 9.17) is 5.11 Å². The molecule has 0 saturated heterocycles. The molecule has 0 bridgehead atoms. The molecule has 0 aromatic heterocycles. The fraction of sp³-hybridized carbons (Fsp3) is 0.211. The molecule has 2 nitrogen and oxygen atoms in total. The zero-order valence-electron chi connectivity index (χ0n) is 12.4. The summed E-state index contributed by atoms with van der Waals surface area (Å²) in [5.74, 6) is -0.504. The van der Waals surface area contributed by atoms with Crippen LogP contribution < -0.4 is 0 Å². The molecule has 0 amide bonds. The molecule has 2 aromatic rings. The molecule has 0 radical (unpaired) electrons. The van der Waals surface area contributed by atoms with Crippen LogP contribution in [0, 0.1) is 0 Å². The first-order valence-electron chi connectivity index (χ1n) is 7.10. The molecule has 0 saturated carbocycles. The Morgan fingerprint density at radius 1 is 1.10 bits per heavy atom. The Hall–Kier alpha value is -2.35. The normalized spacial score (nSPS) is 13.0. The van der Waals surface area contributed by atoms with Gasteiger partial charge in [0.2, 0.25) is 0 Å². The Morgan fingerprint density at radius 2 is 1.71 bits per heavy atom. The lowest BCUT2D eigenvalue weighted by atomic mass is 9.96. The second kappa shape index (κ2) is 6.89. The summed E-state index contributed by atoms with van der Waals surface area (Å²) in [5.41, 5.74) is 4.06. The van der Waals surface area contributed by atoms with Gasteiger partial charge in [0.15, 0.2) is 0 Å². The van der Waals surface area contributed by atoms with Gasteiger partial charge in [-0.05, 0) is 42.5 Å². The van der Waals surface area contributed by atoms with E-state index in [1.54, 1.807) is 12.1 Å². The third-order valence-corrected chi connectivity index (χ3v) is 3.54. The summed E-state index contributed by atoms with van der Waals surface area (Å²) in [7, 11) is 0. The lowest BCUT2D eigenvalue weighted by Crippen LogP contribution is -1.97. The largest absolute Gasteiger partial charge is 0.478 e. The van der Waals surface area contributed by atoms with E-state index in [1.165, 1.54) is 11.1 Å². The topological polar surface area (TPSA) is 37.3 Å². The van der Waals surface area contributed by atoms with Crippen molar-refractivity contribution < 1.29 is 9.90 Å². The summed E-state index contributed by atoms with van der Waals surface area (Å²) in [4.78, 5) is 10.8. The maximum atomic E-state index is 10.8. The average Bonchev–Trinajstić information content (AvgIpc) is 2.48. The van der Waals surface area contributed by atoms with E-state index in [0.717, 1.165) is 12.0 Å². The molecule has 0 aliphatic rings. The molecule has 108 valence electrons. The van der Waals surface area contributed by atoms with E-state index < -0.39 is 5.97 Å².